The monoisotopic (exact) mass is 425 g/mol. The van der Waals surface area contributed by atoms with E-state index < -0.39 is 10.0 Å². The first-order chi connectivity index (χ1) is 13.4. The fourth-order valence-corrected chi connectivity index (χ4v) is 5.94. The fraction of sp³-hybridized carbons (Fsp3) is 0.650. The number of anilines is 1. The van der Waals surface area contributed by atoms with Crippen LogP contribution in [-0.2, 0) is 14.8 Å². The molecule has 0 spiro atoms. The van der Waals surface area contributed by atoms with Crippen LogP contribution in [0.4, 0.5) is 5.69 Å². The quantitative estimate of drug-likeness (QED) is 0.759. The van der Waals surface area contributed by atoms with Crippen LogP contribution in [0.25, 0.3) is 0 Å². The van der Waals surface area contributed by atoms with Gasteiger partial charge in [0.05, 0.1) is 10.6 Å². The molecule has 1 atom stereocenters. The minimum atomic E-state index is -3.59. The molecule has 0 aliphatic carbocycles. The van der Waals surface area contributed by atoms with Crippen LogP contribution < -0.4 is 9.62 Å². The number of likely N-dealkylation sites (tertiary alicyclic amines) is 1. The van der Waals surface area contributed by atoms with E-state index in [9.17, 15) is 13.2 Å². The number of sulfonamides is 1. The lowest BCUT2D eigenvalue weighted by Gasteiger charge is -2.28. The van der Waals surface area contributed by atoms with Gasteiger partial charge >= 0.3 is 0 Å². The molecule has 1 fully saturated rings. The lowest BCUT2D eigenvalue weighted by Crippen LogP contribution is -2.37. The van der Waals surface area contributed by atoms with Crippen LogP contribution in [0.15, 0.2) is 28.0 Å². The van der Waals surface area contributed by atoms with Gasteiger partial charge < -0.3 is 9.80 Å². The van der Waals surface area contributed by atoms with Crippen molar-refractivity contribution in [2.45, 2.75) is 61.8 Å². The summed E-state index contributed by atoms with van der Waals surface area (Å²) in [5, 5.41) is 0. The van der Waals surface area contributed by atoms with Gasteiger partial charge in [-0.1, -0.05) is 12.8 Å². The number of hydrogen-bond acceptors (Lipinski definition) is 5. The van der Waals surface area contributed by atoms with Crippen LogP contribution in [0.1, 0.15) is 46.0 Å². The normalized spacial score (nSPS) is 19.7. The van der Waals surface area contributed by atoms with Crippen molar-refractivity contribution in [1.29, 1.82) is 0 Å². The number of nitrogens with zero attached hydrogens (tertiary/aromatic N) is 2. The Morgan fingerprint density at radius 2 is 1.89 bits per heavy atom. The Kier molecular flexibility index (Phi) is 7.42. The minimum Gasteiger partial charge on any atom is -0.311 e. The molecule has 2 aliphatic heterocycles. The molecule has 0 radical (unpaired) electrons. The number of fused-ring (bicyclic) bond motifs is 1. The largest absolute Gasteiger partial charge is 0.311 e. The summed E-state index contributed by atoms with van der Waals surface area (Å²) >= 11 is 1.65. The Morgan fingerprint density at radius 3 is 2.57 bits per heavy atom. The minimum absolute atomic E-state index is 0.0599. The molecule has 0 saturated carbocycles. The summed E-state index contributed by atoms with van der Waals surface area (Å²) in [7, 11) is -3.59. The van der Waals surface area contributed by atoms with Crippen molar-refractivity contribution in [2.75, 3.05) is 36.8 Å². The number of thioether (sulfide) groups is 1. The molecule has 1 aromatic carbocycles. The summed E-state index contributed by atoms with van der Waals surface area (Å²) in [4.78, 5) is 17.2. The third-order valence-corrected chi connectivity index (χ3v) is 8.10. The highest BCUT2D eigenvalue weighted by Crippen LogP contribution is 2.36. The first-order valence-corrected chi connectivity index (χ1v) is 12.6. The highest BCUT2D eigenvalue weighted by molar-refractivity contribution is 7.99. The van der Waals surface area contributed by atoms with Gasteiger partial charge in [-0.15, -0.1) is 11.8 Å². The maximum absolute atomic E-state index is 12.8. The topological polar surface area (TPSA) is 69.7 Å². The van der Waals surface area contributed by atoms with Gasteiger partial charge in [-0.25, -0.2) is 13.1 Å². The first kappa shape index (κ1) is 21.6. The second kappa shape index (κ2) is 9.61. The van der Waals surface area contributed by atoms with Crippen molar-refractivity contribution in [3.63, 3.8) is 0 Å². The van der Waals surface area contributed by atoms with E-state index >= 15 is 0 Å². The second-order valence-corrected chi connectivity index (χ2v) is 10.5. The Hall–Kier alpha value is -1.09. The molecule has 1 N–H and O–H groups in total. The molecule has 1 amide bonds. The SMILES string of the molecule is CC(=O)N1CCSc2ccc(S(=O)(=O)NCCC(C)N3CCCCCC3)cc21. The zero-order chi connectivity index (χ0) is 20.1. The Labute approximate surface area is 173 Å². The van der Waals surface area contributed by atoms with Crippen molar-refractivity contribution >= 4 is 33.4 Å². The highest BCUT2D eigenvalue weighted by atomic mass is 32.2. The van der Waals surface area contributed by atoms with Crippen molar-refractivity contribution < 1.29 is 13.2 Å². The van der Waals surface area contributed by atoms with E-state index in [1.54, 1.807) is 28.8 Å². The number of benzene rings is 1. The molecule has 0 aromatic heterocycles. The molecule has 156 valence electrons. The van der Waals surface area contributed by atoms with E-state index in [-0.39, 0.29) is 10.8 Å². The van der Waals surface area contributed by atoms with Gasteiger partial charge in [0, 0.05) is 36.7 Å². The van der Waals surface area contributed by atoms with Gasteiger partial charge in [-0.3, -0.25) is 4.79 Å². The molecule has 1 aromatic rings. The summed E-state index contributed by atoms with van der Waals surface area (Å²) in [5.74, 6) is 0.765. The van der Waals surface area contributed by atoms with Gasteiger partial charge in [-0.2, -0.15) is 0 Å². The van der Waals surface area contributed by atoms with E-state index in [0.29, 0.717) is 24.8 Å². The maximum atomic E-state index is 12.8. The molecule has 28 heavy (non-hydrogen) atoms. The Balaban J connectivity index is 1.63. The molecule has 6 nitrogen and oxygen atoms in total. The number of amides is 1. The van der Waals surface area contributed by atoms with E-state index in [0.717, 1.165) is 30.2 Å². The summed E-state index contributed by atoms with van der Waals surface area (Å²) in [6, 6.07) is 5.44. The smallest absolute Gasteiger partial charge is 0.240 e. The van der Waals surface area contributed by atoms with Crippen LogP contribution in [-0.4, -0.2) is 57.2 Å². The van der Waals surface area contributed by atoms with E-state index in [4.69, 9.17) is 0 Å². The maximum Gasteiger partial charge on any atom is 0.240 e. The van der Waals surface area contributed by atoms with E-state index in [1.807, 2.05) is 6.07 Å². The highest BCUT2D eigenvalue weighted by Gasteiger charge is 2.24. The molecule has 1 saturated heterocycles. The van der Waals surface area contributed by atoms with Crippen LogP contribution in [0.3, 0.4) is 0 Å². The Bertz CT molecular complexity index is 790. The van der Waals surface area contributed by atoms with Crippen molar-refractivity contribution in [3.05, 3.63) is 18.2 Å². The zero-order valence-electron chi connectivity index (χ0n) is 16.8. The van der Waals surface area contributed by atoms with Crippen molar-refractivity contribution in [1.82, 2.24) is 9.62 Å². The van der Waals surface area contributed by atoms with Crippen LogP contribution >= 0.6 is 11.8 Å². The molecule has 0 bridgehead atoms. The molecular formula is C20H31N3O3S2. The molecule has 2 heterocycles. The average Bonchev–Trinajstić information content (AvgIpc) is 2.96. The lowest BCUT2D eigenvalue weighted by atomic mass is 10.2. The number of rotatable bonds is 6. The van der Waals surface area contributed by atoms with Crippen LogP contribution in [0, 0.1) is 0 Å². The van der Waals surface area contributed by atoms with Crippen LogP contribution in [0.2, 0.25) is 0 Å². The van der Waals surface area contributed by atoms with Gasteiger partial charge in [0.2, 0.25) is 15.9 Å². The molecule has 2 aliphatic rings. The molecule has 8 heteroatoms. The number of carbonyl (C=O) groups is 1. The van der Waals surface area contributed by atoms with Crippen LogP contribution in [0.5, 0.6) is 0 Å². The molecule has 3 rings (SSSR count). The molecular weight excluding hydrogens is 394 g/mol. The number of nitrogens with one attached hydrogen (secondary N) is 1. The summed E-state index contributed by atoms with van der Waals surface area (Å²) in [6.45, 7) is 6.94. The predicted octanol–water partition coefficient (Wildman–Crippen LogP) is 3.08. The third-order valence-electron chi connectivity index (χ3n) is 5.60. The lowest BCUT2D eigenvalue weighted by molar-refractivity contribution is -0.116. The van der Waals surface area contributed by atoms with Gasteiger partial charge in [-0.05, 0) is 57.5 Å². The third kappa shape index (κ3) is 5.28. The van der Waals surface area contributed by atoms with Gasteiger partial charge in [0.15, 0.2) is 0 Å². The number of carbonyl (C=O) groups excluding carboxylic acids is 1. The van der Waals surface area contributed by atoms with Gasteiger partial charge in [0.1, 0.15) is 0 Å². The average molecular weight is 426 g/mol. The van der Waals surface area contributed by atoms with E-state index in [2.05, 4.69) is 16.5 Å². The fourth-order valence-electron chi connectivity index (χ4n) is 3.90. The molecule has 1 unspecified atom stereocenters. The second-order valence-electron chi connectivity index (χ2n) is 7.63. The summed E-state index contributed by atoms with van der Waals surface area (Å²) in [5.41, 5.74) is 0.699. The van der Waals surface area contributed by atoms with Gasteiger partial charge in [0.25, 0.3) is 0 Å². The predicted molar refractivity (Wildman–Crippen MR) is 115 cm³/mol. The van der Waals surface area contributed by atoms with Crippen molar-refractivity contribution in [2.24, 2.45) is 0 Å². The Morgan fingerprint density at radius 1 is 1.18 bits per heavy atom. The first-order valence-electron chi connectivity index (χ1n) is 10.2. The number of hydrogen-bond donors (Lipinski definition) is 1. The standard InChI is InChI=1S/C20H31N3O3S2/c1-16(22-11-5-3-4-6-12-22)9-10-21-28(25,26)18-7-8-20-19(15-18)23(17(2)24)13-14-27-20/h7-8,15-16,21H,3-6,9-14H2,1-2H3. The summed E-state index contributed by atoms with van der Waals surface area (Å²) in [6.07, 6.45) is 5.85. The zero-order valence-corrected chi connectivity index (χ0v) is 18.4. The summed E-state index contributed by atoms with van der Waals surface area (Å²) < 4.78 is 28.3. The van der Waals surface area contributed by atoms with Crippen molar-refractivity contribution in [3.8, 4) is 0 Å². The van der Waals surface area contributed by atoms with E-state index in [1.165, 1.54) is 32.6 Å².